The summed E-state index contributed by atoms with van der Waals surface area (Å²) in [5.41, 5.74) is 0.371. The lowest BCUT2D eigenvalue weighted by Crippen LogP contribution is -2.51. The van der Waals surface area contributed by atoms with Crippen LogP contribution >= 0.6 is 0 Å². The predicted molar refractivity (Wildman–Crippen MR) is 113 cm³/mol. The molecule has 11 nitrogen and oxygen atoms in total. The molecule has 0 unspecified atom stereocenters. The van der Waals surface area contributed by atoms with Gasteiger partial charge in [-0.3, -0.25) is 9.59 Å². The minimum Gasteiger partial charge on any atom is -0.450 e. The summed E-state index contributed by atoms with van der Waals surface area (Å²) >= 11 is 0. The summed E-state index contributed by atoms with van der Waals surface area (Å²) in [6, 6.07) is 4.79. The van der Waals surface area contributed by atoms with Gasteiger partial charge in [0.2, 0.25) is 0 Å². The van der Waals surface area contributed by atoms with Crippen molar-refractivity contribution < 1.29 is 28.7 Å². The van der Waals surface area contributed by atoms with Gasteiger partial charge in [-0.25, -0.2) is 14.6 Å². The number of pyridine rings is 1. The standard InChI is InChI=1S/C21H29N5O6/c1-3-31-20(29)25-12-8-23(9-13-25)18(27)16-6-5-7-17(22-16)19(28)24-10-14-26(15-11-24)21(30)32-4-2/h5-7H,3-4,8-15H2,1-2H3. The van der Waals surface area contributed by atoms with E-state index < -0.39 is 0 Å². The second-order valence-electron chi connectivity index (χ2n) is 7.36. The van der Waals surface area contributed by atoms with Gasteiger partial charge in [0.15, 0.2) is 0 Å². The number of nitrogens with zero attached hydrogens (tertiary/aromatic N) is 5. The van der Waals surface area contributed by atoms with Crippen LogP contribution in [0.4, 0.5) is 9.59 Å². The van der Waals surface area contributed by atoms with Crippen molar-refractivity contribution in [3.63, 3.8) is 0 Å². The first kappa shape index (κ1) is 23.3. The van der Waals surface area contributed by atoms with Crippen LogP contribution in [-0.4, -0.2) is 114 Å². The second-order valence-corrected chi connectivity index (χ2v) is 7.36. The Bertz CT molecular complexity index is 782. The second kappa shape index (κ2) is 10.8. The molecular weight excluding hydrogens is 418 g/mol. The van der Waals surface area contributed by atoms with E-state index in [2.05, 4.69) is 4.98 Å². The molecule has 11 heteroatoms. The van der Waals surface area contributed by atoms with E-state index >= 15 is 0 Å². The van der Waals surface area contributed by atoms with Gasteiger partial charge in [-0.05, 0) is 26.0 Å². The van der Waals surface area contributed by atoms with E-state index in [9.17, 15) is 19.2 Å². The lowest BCUT2D eigenvalue weighted by Gasteiger charge is -2.34. The number of carbonyl (C=O) groups excluding carboxylic acids is 4. The van der Waals surface area contributed by atoms with Crippen LogP contribution in [0.25, 0.3) is 0 Å². The average Bonchev–Trinajstić information content (AvgIpc) is 2.83. The maximum absolute atomic E-state index is 12.9. The Kier molecular flexibility index (Phi) is 7.85. The summed E-state index contributed by atoms with van der Waals surface area (Å²) in [6.45, 7) is 7.11. The number of rotatable bonds is 4. The molecule has 3 rings (SSSR count). The Labute approximate surface area is 186 Å². The highest BCUT2D eigenvalue weighted by Gasteiger charge is 2.28. The summed E-state index contributed by atoms with van der Waals surface area (Å²) in [5.74, 6) is -0.564. The Morgan fingerprint density at radius 2 is 1.03 bits per heavy atom. The summed E-state index contributed by atoms with van der Waals surface area (Å²) in [6.07, 6.45) is -0.762. The van der Waals surface area contributed by atoms with Crippen molar-refractivity contribution in [1.82, 2.24) is 24.6 Å². The van der Waals surface area contributed by atoms with E-state index in [1.54, 1.807) is 51.6 Å². The third-order valence-electron chi connectivity index (χ3n) is 5.37. The molecule has 3 heterocycles. The van der Waals surface area contributed by atoms with Crippen LogP contribution in [0.2, 0.25) is 0 Å². The first-order valence-corrected chi connectivity index (χ1v) is 10.8. The van der Waals surface area contributed by atoms with Crippen molar-refractivity contribution in [3.05, 3.63) is 29.6 Å². The molecule has 2 aliphatic heterocycles. The van der Waals surface area contributed by atoms with Gasteiger partial charge in [0.25, 0.3) is 11.8 Å². The molecular formula is C21H29N5O6. The number of carbonyl (C=O) groups is 4. The van der Waals surface area contributed by atoms with Gasteiger partial charge in [-0.15, -0.1) is 0 Å². The van der Waals surface area contributed by atoms with Gasteiger partial charge in [-0.2, -0.15) is 0 Å². The van der Waals surface area contributed by atoms with Crippen molar-refractivity contribution in [2.24, 2.45) is 0 Å². The van der Waals surface area contributed by atoms with Gasteiger partial charge in [0, 0.05) is 52.4 Å². The number of ether oxygens (including phenoxy) is 2. The highest BCUT2D eigenvalue weighted by atomic mass is 16.6. The molecule has 0 spiro atoms. The van der Waals surface area contributed by atoms with Crippen LogP contribution in [0.5, 0.6) is 0 Å². The van der Waals surface area contributed by atoms with E-state index in [0.717, 1.165) is 0 Å². The smallest absolute Gasteiger partial charge is 0.409 e. The lowest BCUT2D eigenvalue weighted by atomic mass is 10.2. The monoisotopic (exact) mass is 447 g/mol. The first-order chi connectivity index (χ1) is 15.4. The maximum Gasteiger partial charge on any atom is 0.409 e. The Balaban J connectivity index is 1.57. The average molecular weight is 447 g/mol. The normalized spacial score (nSPS) is 16.6. The van der Waals surface area contributed by atoms with E-state index in [0.29, 0.717) is 65.6 Å². The quantitative estimate of drug-likeness (QED) is 0.674. The third-order valence-corrected chi connectivity index (χ3v) is 5.37. The molecule has 4 amide bonds. The molecule has 174 valence electrons. The summed E-state index contributed by atoms with van der Waals surface area (Å²) in [7, 11) is 0. The van der Waals surface area contributed by atoms with E-state index in [1.807, 2.05) is 0 Å². The van der Waals surface area contributed by atoms with Crippen LogP contribution in [0.3, 0.4) is 0 Å². The molecule has 1 aromatic rings. The van der Waals surface area contributed by atoms with E-state index in [-0.39, 0.29) is 35.4 Å². The number of hydrogen-bond donors (Lipinski definition) is 0. The molecule has 0 radical (unpaired) electrons. The minimum absolute atomic E-state index is 0.186. The molecule has 2 saturated heterocycles. The van der Waals surface area contributed by atoms with Crippen LogP contribution in [0, 0.1) is 0 Å². The summed E-state index contributed by atoms with van der Waals surface area (Å²) in [4.78, 5) is 60.1. The zero-order valence-electron chi connectivity index (χ0n) is 18.5. The number of piperazine rings is 2. The lowest BCUT2D eigenvalue weighted by molar-refractivity contribution is 0.0555. The molecule has 0 atom stereocenters. The van der Waals surface area contributed by atoms with Crippen LogP contribution in [0.15, 0.2) is 18.2 Å². The predicted octanol–water partition coefficient (Wildman–Crippen LogP) is 0.910. The van der Waals surface area contributed by atoms with Crippen LogP contribution < -0.4 is 0 Å². The van der Waals surface area contributed by atoms with Gasteiger partial charge in [0.05, 0.1) is 13.2 Å². The molecule has 2 fully saturated rings. The van der Waals surface area contributed by atoms with Crippen molar-refractivity contribution in [2.75, 3.05) is 65.6 Å². The van der Waals surface area contributed by atoms with Gasteiger partial charge < -0.3 is 29.1 Å². The van der Waals surface area contributed by atoms with Crippen LogP contribution in [0.1, 0.15) is 34.8 Å². The Hall–Kier alpha value is -3.37. The highest BCUT2D eigenvalue weighted by Crippen LogP contribution is 2.12. The molecule has 1 aromatic heterocycles. The molecule has 32 heavy (non-hydrogen) atoms. The first-order valence-electron chi connectivity index (χ1n) is 10.8. The SMILES string of the molecule is CCOC(=O)N1CCN(C(=O)c2cccc(C(=O)N3CCN(C(=O)OCC)CC3)n2)CC1. The number of amides is 4. The van der Waals surface area contributed by atoms with Gasteiger partial charge >= 0.3 is 12.2 Å². The fourth-order valence-electron chi connectivity index (χ4n) is 3.61. The Morgan fingerprint density at radius 3 is 1.38 bits per heavy atom. The van der Waals surface area contributed by atoms with Crippen molar-refractivity contribution in [2.45, 2.75) is 13.8 Å². The van der Waals surface area contributed by atoms with Crippen molar-refractivity contribution in [1.29, 1.82) is 0 Å². The topological polar surface area (TPSA) is 113 Å². The van der Waals surface area contributed by atoms with Crippen molar-refractivity contribution >= 4 is 24.0 Å². The molecule has 0 aromatic carbocycles. The van der Waals surface area contributed by atoms with E-state index in [1.165, 1.54) is 0 Å². The zero-order chi connectivity index (χ0) is 23.1. The molecule has 0 saturated carbocycles. The maximum atomic E-state index is 12.9. The minimum atomic E-state index is -0.381. The number of hydrogen-bond acceptors (Lipinski definition) is 7. The fraction of sp³-hybridized carbons (Fsp3) is 0.571. The van der Waals surface area contributed by atoms with E-state index in [4.69, 9.17) is 9.47 Å². The summed E-state index contributed by atoms with van der Waals surface area (Å²) < 4.78 is 9.99. The fourth-order valence-corrected chi connectivity index (χ4v) is 3.61. The highest BCUT2D eigenvalue weighted by molar-refractivity contribution is 5.96. The summed E-state index contributed by atoms with van der Waals surface area (Å²) in [5, 5.41) is 0. The van der Waals surface area contributed by atoms with Crippen molar-refractivity contribution in [3.8, 4) is 0 Å². The third kappa shape index (κ3) is 5.45. The largest absolute Gasteiger partial charge is 0.450 e. The Morgan fingerprint density at radius 1 is 0.688 bits per heavy atom. The molecule has 2 aliphatic rings. The van der Waals surface area contributed by atoms with Gasteiger partial charge in [0.1, 0.15) is 11.4 Å². The van der Waals surface area contributed by atoms with Gasteiger partial charge in [-0.1, -0.05) is 6.07 Å². The number of aromatic nitrogens is 1. The molecule has 0 aliphatic carbocycles. The molecule has 0 N–H and O–H groups in total. The zero-order valence-corrected chi connectivity index (χ0v) is 18.5. The van der Waals surface area contributed by atoms with Crippen LogP contribution in [-0.2, 0) is 9.47 Å². The molecule has 0 bridgehead atoms.